The molecule has 2 aromatic rings. The lowest BCUT2D eigenvalue weighted by molar-refractivity contribution is -0.127. The maximum Gasteiger partial charge on any atom is 0.261 e. The smallest absolute Gasteiger partial charge is 0.261 e. The molecule has 0 aliphatic carbocycles. The van der Waals surface area contributed by atoms with Crippen LogP contribution < -0.4 is 19.5 Å². The SMILES string of the molecule is CCOc1ccc(C(C)NC(=O)C(C)Oc2cccc(C#N)c2)cc1OCC. The molecule has 0 bridgehead atoms. The van der Waals surface area contributed by atoms with Gasteiger partial charge in [0.2, 0.25) is 0 Å². The first kappa shape index (κ1) is 21.1. The summed E-state index contributed by atoms with van der Waals surface area (Å²) < 4.78 is 16.9. The summed E-state index contributed by atoms with van der Waals surface area (Å²) in [5, 5.41) is 11.9. The maximum atomic E-state index is 12.5. The zero-order valence-electron chi connectivity index (χ0n) is 16.7. The van der Waals surface area contributed by atoms with Gasteiger partial charge in [-0.1, -0.05) is 12.1 Å². The van der Waals surface area contributed by atoms with Gasteiger partial charge in [0.25, 0.3) is 5.91 Å². The Morgan fingerprint density at radius 3 is 2.46 bits per heavy atom. The van der Waals surface area contributed by atoms with Gasteiger partial charge in [-0.3, -0.25) is 4.79 Å². The van der Waals surface area contributed by atoms with Crippen LogP contribution in [0.4, 0.5) is 0 Å². The Morgan fingerprint density at radius 1 is 1.07 bits per heavy atom. The van der Waals surface area contributed by atoms with Crippen molar-refractivity contribution in [2.45, 2.75) is 39.8 Å². The predicted octanol–water partition coefficient (Wildman–Crippen LogP) is 4.00. The Hall–Kier alpha value is -3.20. The summed E-state index contributed by atoms with van der Waals surface area (Å²) >= 11 is 0. The molecule has 0 fully saturated rings. The van der Waals surface area contributed by atoms with Crippen molar-refractivity contribution in [3.05, 3.63) is 53.6 Å². The zero-order valence-corrected chi connectivity index (χ0v) is 16.7. The van der Waals surface area contributed by atoms with Gasteiger partial charge in [0.05, 0.1) is 30.9 Å². The fourth-order valence-electron chi connectivity index (χ4n) is 2.65. The van der Waals surface area contributed by atoms with E-state index in [1.807, 2.05) is 45.0 Å². The topological polar surface area (TPSA) is 80.6 Å². The lowest BCUT2D eigenvalue weighted by Gasteiger charge is -2.20. The van der Waals surface area contributed by atoms with E-state index >= 15 is 0 Å². The molecule has 0 radical (unpaired) electrons. The number of nitriles is 1. The first-order valence-electron chi connectivity index (χ1n) is 9.35. The number of ether oxygens (including phenoxy) is 3. The number of hydrogen-bond donors (Lipinski definition) is 1. The molecule has 1 amide bonds. The van der Waals surface area contributed by atoms with E-state index in [1.165, 1.54) is 0 Å². The normalized spacial score (nSPS) is 12.4. The number of rotatable bonds is 9. The summed E-state index contributed by atoms with van der Waals surface area (Å²) in [6, 6.07) is 14.2. The minimum absolute atomic E-state index is 0.237. The number of nitrogens with one attached hydrogen (secondary N) is 1. The van der Waals surface area contributed by atoms with E-state index in [1.54, 1.807) is 31.2 Å². The lowest BCUT2D eigenvalue weighted by Crippen LogP contribution is -2.37. The molecule has 0 saturated carbocycles. The van der Waals surface area contributed by atoms with E-state index < -0.39 is 6.10 Å². The highest BCUT2D eigenvalue weighted by Gasteiger charge is 2.19. The fraction of sp³-hybridized carbons (Fsp3) is 0.364. The molecule has 2 unspecified atom stereocenters. The highest BCUT2D eigenvalue weighted by Crippen LogP contribution is 2.30. The average Bonchev–Trinajstić information content (AvgIpc) is 2.69. The molecule has 1 N–H and O–H groups in total. The largest absolute Gasteiger partial charge is 0.490 e. The van der Waals surface area contributed by atoms with E-state index in [0.717, 1.165) is 5.56 Å². The number of carbonyl (C=O) groups is 1. The number of nitrogens with zero attached hydrogens (tertiary/aromatic N) is 1. The molecule has 28 heavy (non-hydrogen) atoms. The van der Waals surface area contributed by atoms with Gasteiger partial charge in [0, 0.05) is 0 Å². The van der Waals surface area contributed by atoms with Gasteiger partial charge < -0.3 is 19.5 Å². The molecule has 0 aromatic heterocycles. The van der Waals surface area contributed by atoms with Crippen molar-refractivity contribution in [1.82, 2.24) is 5.32 Å². The summed E-state index contributed by atoms with van der Waals surface area (Å²) in [4.78, 5) is 12.5. The summed E-state index contributed by atoms with van der Waals surface area (Å²) in [5.41, 5.74) is 1.38. The molecule has 0 aliphatic heterocycles. The molecule has 0 spiro atoms. The minimum atomic E-state index is -0.703. The first-order chi connectivity index (χ1) is 13.5. The average molecular weight is 382 g/mol. The van der Waals surface area contributed by atoms with Crippen LogP contribution in [0.3, 0.4) is 0 Å². The van der Waals surface area contributed by atoms with Crippen LogP contribution >= 0.6 is 0 Å². The molecule has 2 aromatic carbocycles. The third-order valence-corrected chi connectivity index (χ3v) is 4.07. The molecule has 0 heterocycles. The lowest BCUT2D eigenvalue weighted by atomic mass is 10.1. The molecular weight excluding hydrogens is 356 g/mol. The minimum Gasteiger partial charge on any atom is -0.490 e. The van der Waals surface area contributed by atoms with Crippen molar-refractivity contribution in [2.24, 2.45) is 0 Å². The number of benzene rings is 2. The number of amides is 1. The van der Waals surface area contributed by atoms with Crippen LogP contribution in [0.2, 0.25) is 0 Å². The maximum absolute atomic E-state index is 12.5. The van der Waals surface area contributed by atoms with Gasteiger partial charge in [-0.05, 0) is 63.6 Å². The van der Waals surface area contributed by atoms with Gasteiger partial charge in [-0.15, -0.1) is 0 Å². The van der Waals surface area contributed by atoms with Crippen LogP contribution in [0, 0.1) is 11.3 Å². The second-order valence-electron chi connectivity index (χ2n) is 6.20. The van der Waals surface area contributed by atoms with Crippen molar-refractivity contribution in [3.8, 4) is 23.3 Å². The Kier molecular flexibility index (Phi) is 7.70. The highest BCUT2D eigenvalue weighted by molar-refractivity contribution is 5.81. The number of carbonyl (C=O) groups excluding carboxylic acids is 1. The summed E-state index contributed by atoms with van der Waals surface area (Å²) in [6.45, 7) is 8.47. The Morgan fingerprint density at radius 2 is 1.79 bits per heavy atom. The molecule has 0 saturated heterocycles. The van der Waals surface area contributed by atoms with Crippen LogP contribution in [-0.4, -0.2) is 25.2 Å². The Balaban J connectivity index is 2.04. The molecule has 6 nitrogen and oxygen atoms in total. The van der Waals surface area contributed by atoms with Crippen molar-refractivity contribution in [2.75, 3.05) is 13.2 Å². The zero-order chi connectivity index (χ0) is 20.5. The third kappa shape index (κ3) is 5.65. The Labute approximate surface area is 166 Å². The molecule has 148 valence electrons. The van der Waals surface area contributed by atoms with Gasteiger partial charge in [0.15, 0.2) is 17.6 Å². The molecule has 2 rings (SSSR count). The first-order valence-corrected chi connectivity index (χ1v) is 9.35. The summed E-state index contributed by atoms with van der Waals surface area (Å²) in [5.74, 6) is 1.57. The summed E-state index contributed by atoms with van der Waals surface area (Å²) in [6.07, 6.45) is -0.703. The van der Waals surface area contributed by atoms with Gasteiger partial charge in [0.1, 0.15) is 5.75 Å². The molecule has 6 heteroatoms. The highest BCUT2D eigenvalue weighted by atomic mass is 16.5. The van der Waals surface area contributed by atoms with E-state index in [4.69, 9.17) is 19.5 Å². The Bertz CT molecular complexity index is 845. The van der Waals surface area contributed by atoms with Crippen LogP contribution in [0.1, 0.15) is 44.9 Å². The molecular formula is C22H26N2O4. The van der Waals surface area contributed by atoms with E-state index in [2.05, 4.69) is 5.32 Å². The van der Waals surface area contributed by atoms with Gasteiger partial charge in [-0.25, -0.2) is 0 Å². The van der Waals surface area contributed by atoms with E-state index in [-0.39, 0.29) is 11.9 Å². The van der Waals surface area contributed by atoms with Crippen molar-refractivity contribution in [1.29, 1.82) is 5.26 Å². The third-order valence-electron chi connectivity index (χ3n) is 4.07. The van der Waals surface area contributed by atoms with Crippen LogP contribution in [0.25, 0.3) is 0 Å². The van der Waals surface area contributed by atoms with Gasteiger partial charge in [-0.2, -0.15) is 5.26 Å². The second kappa shape index (κ2) is 10.2. The molecule has 2 atom stereocenters. The predicted molar refractivity (Wildman–Crippen MR) is 107 cm³/mol. The van der Waals surface area contributed by atoms with Crippen molar-refractivity contribution < 1.29 is 19.0 Å². The van der Waals surface area contributed by atoms with Crippen molar-refractivity contribution >= 4 is 5.91 Å². The summed E-state index contributed by atoms with van der Waals surface area (Å²) in [7, 11) is 0. The van der Waals surface area contributed by atoms with Crippen LogP contribution in [0.5, 0.6) is 17.2 Å². The van der Waals surface area contributed by atoms with Gasteiger partial charge >= 0.3 is 0 Å². The van der Waals surface area contributed by atoms with Crippen LogP contribution in [0.15, 0.2) is 42.5 Å². The monoisotopic (exact) mass is 382 g/mol. The fourth-order valence-corrected chi connectivity index (χ4v) is 2.65. The number of hydrogen-bond acceptors (Lipinski definition) is 5. The van der Waals surface area contributed by atoms with E-state index in [0.29, 0.717) is 36.0 Å². The van der Waals surface area contributed by atoms with Crippen LogP contribution in [-0.2, 0) is 4.79 Å². The quantitative estimate of drug-likeness (QED) is 0.709. The second-order valence-corrected chi connectivity index (χ2v) is 6.20. The van der Waals surface area contributed by atoms with E-state index in [9.17, 15) is 4.79 Å². The van der Waals surface area contributed by atoms with Crippen molar-refractivity contribution in [3.63, 3.8) is 0 Å². The standard InChI is InChI=1S/C22H26N2O4/c1-5-26-20-11-10-18(13-21(20)27-6-2)15(3)24-22(25)16(4)28-19-9-7-8-17(12-19)14-23/h7-13,15-16H,5-6H2,1-4H3,(H,24,25). The molecule has 0 aliphatic rings.